The van der Waals surface area contributed by atoms with Gasteiger partial charge in [0.15, 0.2) is 0 Å². The number of aromatic amines is 1. The maximum absolute atomic E-state index is 11.6. The Kier molecular flexibility index (Phi) is 4.47. The number of aryl methyl sites for hydroxylation is 1. The molecule has 0 bridgehead atoms. The van der Waals surface area contributed by atoms with E-state index in [0.717, 1.165) is 23.0 Å². The monoisotopic (exact) mass is 308 g/mol. The quantitative estimate of drug-likeness (QED) is 0.893. The second kappa shape index (κ2) is 5.98. The van der Waals surface area contributed by atoms with E-state index in [2.05, 4.69) is 10.3 Å². The highest BCUT2D eigenvalue weighted by Gasteiger charge is 2.16. The van der Waals surface area contributed by atoms with E-state index < -0.39 is 11.7 Å². The lowest BCUT2D eigenvalue weighted by Crippen LogP contribution is -2.33. The Morgan fingerprint density at radius 2 is 2.10 bits per heavy atom. The Balaban J connectivity index is 2.03. The molecule has 0 atom stereocenters. The maximum Gasteiger partial charge on any atom is 0.407 e. The summed E-state index contributed by atoms with van der Waals surface area (Å²) < 4.78 is 5.21. The zero-order valence-corrected chi connectivity index (χ0v) is 13.6. The van der Waals surface area contributed by atoms with Crippen LogP contribution in [0.2, 0.25) is 5.02 Å². The summed E-state index contributed by atoms with van der Waals surface area (Å²) in [5.41, 5.74) is 2.71. The van der Waals surface area contributed by atoms with Crippen LogP contribution in [0, 0.1) is 6.92 Å². The number of H-pyrrole nitrogens is 1. The first-order valence-corrected chi connectivity index (χ1v) is 7.38. The lowest BCUT2D eigenvalue weighted by atomic mass is 10.1. The molecule has 0 unspecified atom stereocenters. The lowest BCUT2D eigenvalue weighted by Gasteiger charge is -2.19. The van der Waals surface area contributed by atoms with E-state index in [9.17, 15) is 4.79 Å². The Hall–Kier alpha value is -1.68. The second-order valence-corrected chi connectivity index (χ2v) is 6.48. The molecule has 1 amide bonds. The van der Waals surface area contributed by atoms with Gasteiger partial charge in [0, 0.05) is 17.6 Å². The topological polar surface area (TPSA) is 54.1 Å². The molecule has 2 aromatic rings. The third-order valence-electron chi connectivity index (χ3n) is 3.15. The first kappa shape index (κ1) is 15.7. The summed E-state index contributed by atoms with van der Waals surface area (Å²) in [6, 6.07) is 5.83. The van der Waals surface area contributed by atoms with Gasteiger partial charge in [-0.3, -0.25) is 0 Å². The van der Waals surface area contributed by atoms with Gasteiger partial charge in [-0.15, -0.1) is 0 Å². The highest BCUT2D eigenvalue weighted by Crippen LogP contribution is 2.27. The van der Waals surface area contributed by atoms with Gasteiger partial charge in [0.05, 0.1) is 10.5 Å². The molecule has 0 aliphatic carbocycles. The standard InChI is InChI=1S/C16H21ClN2O2/c1-10-11(8-9-18-15(20)21-16(2,3)4)12-6-5-7-13(17)14(12)19-10/h5-7,19H,8-9H2,1-4H3,(H,18,20). The number of amides is 1. The van der Waals surface area contributed by atoms with Gasteiger partial charge in [0.25, 0.3) is 0 Å². The molecule has 114 valence electrons. The molecule has 5 heteroatoms. The first-order chi connectivity index (χ1) is 9.78. The van der Waals surface area contributed by atoms with Crippen LogP contribution in [-0.4, -0.2) is 23.2 Å². The molecule has 1 aromatic heterocycles. The summed E-state index contributed by atoms with van der Waals surface area (Å²) in [7, 11) is 0. The molecular weight excluding hydrogens is 288 g/mol. The van der Waals surface area contributed by atoms with Crippen LogP contribution in [0.4, 0.5) is 4.79 Å². The van der Waals surface area contributed by atoms with Gasteiger partial charge in [-0.05, 0) is 45.7 Å². The van der Waals surface area contributed by atoms with Crippen molar-refractivity contribution in [2.45, 2.75) is 39.7 Å². The van der Waals surface area contributed by atoms with Crippen molar-refractivity contribution >= 4 is 28.6 Å². The maximum atomic E-state index is 11.6. The van der Waals surface area contributed by atoms with Crippen LogP contribution in [0.1, 0.15) is 32.0 Å². The van der Waals surface area contributed by atoms with Crippen LogP contribution in [0.15, 0.2) is 18.2 Å². The largest absolute Gasteiger partial charge is 0.444 e. The summed E-state index contributed by atoms with van der Waals surface area (Å²) in [5, 5.41) is 4.59. The van der Waals surface area contributed by atoms with Gasteiger partial charge < -0.3 is 15.0 Å². The van der Waals surface area contributed by atoms with E-state index >= 15 is 0 Å². The van der Waals surface area contributed by atoms with Crippen molar-refractivity contribution in [3.8, 4) is 0 Å². The third-order valence-corrected chi connectivity index (χ3v) is 3.46. The van der Waals surface area contributed by atoms with E-state index in [0.29, 0.717) is 11.6 Å². The number of aromatic nitrogens is 1. The predicted octanol–water partition coefficient (Wildman–Crippen LogP) is 4.20. The van der Waals surface area contributed by atoms with Gasteiger partial charge in [0.1, 0.15) is 5.60 Å². The zero-order valence-electron chi connectivity index (χ0n) is 12.8. The van der Waals surface area contributed by atoms with Gasteiger partial charge >= 0.3 is 6.09 Å². The number of hydrogen-bond donors (Lipinski definition) is 2. The van der Waals surface area contributed by atoms with Crippen molar-refractivity contribution in [3.63, 3.8) is 0 Å². The van der Waals surface area contributed by atoms with Gasteiger partial charge in [-0.25, -0.2) is 4.79 Å². The number of rotatable bonds is 3. The minimum atomic E-state index is -0.478. The molecule has 0 aliphatic heterocycles. The van der Waals surface area contributed by atoms with E-state index in [1.165, 1.54) is 5.56 Å². The number of carbonyl (C=O) groups excluding carboxylic acids is 1. The number of nitrogens with one attached hydrogen (secondary N) is 2. The number of halogens is 1. The number of benzene rings is 1. The zero-order chi connectivity index (χ0) is 15.6. The molecule has 0 saturated heterocycles. The molecule has 0 saturated carbocycles. The highest BCUT2D eigenvalue weighted by molar-refractivity contribution is 6.35. The number of carbonyl (C=O) groups is 1. The first-order valence-electron chi connectivity index (χ1n) is 7.00. The minimum absolute atomic E-state index is 0.391. The summed E-state index contributed by atoms with van der Waals surface area (Å²) in [5.74, 6) is 0. The van der Waals surface area contributed by atoms with Crippen LogP contribution >= 0.6 is 11.6 Å². The number of alkyl carbamates (subject to hydrolysis) is 1. The van der Waals surface area contributed by atoms with Crippen molar-refractivity contribution in [1.82, 2.24) is 10.3 Å². The number of hydrogen-bond acceptors (Lipinski definition) is 2. The number of para-hydroxylation sites is 1. The van der Waals surface area contributed by atoms with Crippen molar-refractivity contribution in [2.75, 3.05) is 6.54 Å². The predicted molar refractivity (Wildman–Crippen MR) is 86.0 cm³/mol. The number of ether oxygens (including phenoxy) is 1. The Bertz CT molecular complexity index is 656. The minimum Gasteiger partial charge on any atom is -0.444 e. The van der Waals surface area contributed by atoms with Gasteiger partial charge in [0.2, 0.25) is 0 Å². The van der Waals surface area contributed by atoms with E-state index in [1.807, 2.05) is 45.9 Å². The van der Waals surface area contributed by atoms with E-state index in [4.69, 9.17) is 16.3 Å². The summed E-state index contributed by atoms with van der Waals surface area (Å²) in [6.07, 6.45) is 0.337. The fraction of sp³-hybridized carbons (Fsp3) is 0.438. The molecule has 0 fully saturated rings. The van der Waals surface area contributed by atoms with Crippen LogP contribution in [0.5, 0.6) is 0 Å². The molecule has 0 spiro atoms. The van der Waals surface area contributed by atoms with E-state index in [-0.39, 0.29) is 0 Å². The van der Waals surface area contributed by atoms with Crippen LogP contribution in [0.25, 0.3) is 10.9 Å². The average molecular weight is 309 g/mol. The van der Waals surface area contributed by atoms with Gasteiger partial charge in [-0.1, -0.05) is 23.7 Å². The molecule has 2 rings (SSSR count). The molecule has 0 aliphatic rings. The Morgan fingerprint density at radius 3 is 2.76 bits per heavy atom. The normalized spacial score (nSPS) is 11.7. The molecular formula is C16H21ClN2O2. The molecule has 2 N–H and O–H groups in total. The number of fused-ring (bicyclic) bond motifs is 1. The molecule has 1 aromatic carbocycles. The molecule has 4 nitrogen and oxygen atoms in total. The van der Waals surface area contributed by atoms with Gasteiger partial charge in [-0.2, -0.15) is 0 Å². The van der Waals surface area contributed by atoms with Crippen LogP contribution < -0.4 is 5.32 Å². The van der Waals surface area contributed by atoms with Crippen molar-refractivity contribution in [1.29, 1.82) is 0 Å². The summed E-state index contributed by atoms with van der Waals surface area (Å²) in [6.45, 7) is 8.07. The molecule has 21 heavy (non-hydrogen) atoms. The van der Waals surface area contributed by atoms with Crippen LogP contribution in [0.3, 0.4) is 0 Å². The van der Waals surface area contributed by atoms with Crippen LogP contribution in [-0.2, 0) is 11.2 Å². The molecule has 1 heterocycles. The lowest BCUT2D eigenvalue weighted by molar-refractivity contribution is 0.0528. The smallest absolute Gasteiger partial charge is 0.407 e. The Labute approximate surface area is 129 Å². The molecule has 0 radical (unpaired) electrons. The van der Waals surface area contributed by atoms with Crippen molar-refractivity contribution < 1.29 is 9.53 Å². The summed E-state index contributed by atoms with van der Waals surface area (Å²) in [4.78, 5) is 14.9. The fourth-order valence-corrected chi connectivity index (χ4v) is 2.52. The average Bonchev–Trinajstić information content (AvgIpc) is 2.66. The second-order valence-electron chi connectivity index (χ2n) is 6.07. The van der Waals surface area contributed by atoms with Crippen molar-refractivity contribution in [3.05, 3.63) is 34.5 Å². The SMILES string of the molecule is Cc1[nH]c2c(Cl)cccc2c1CCNC(=O)OC(C)(C)C. The fourth-order valence-electron chi connectivity index (χ4n) is 2.29. The Morgan fingerprint density at radius 1 is 1.38 bits per heavy atom. The van der Waals surface area contributed by atoms with Crippen molar-refractivity contribution in [2.24, 2.45) is 0 Å². The highest BCUT2D eigenvalue weighted by atomic mass is 35.5. The third kappa shape index (κ3) is 3.91. The summed E-state index contributed by atoms with van der Waals surface area (Å²) >= 11 is 6.18. The van der Waals surface area contributed by atoms with E-state index in [1.54, 1.807) is 0 Å².